The maximum atomic E-state index is 6.78. The summed E-state index contributed by atoms with van der Waals surface area (Å²) in [6.07, 6.45) is 0. The van der Waals surface area contributed by atoms with Crippen LogP contribution in [0.15, 0.2) is 186 Å². The number of hydrogen-bond donors (Lipinski definition) is 1. The average Bonchev–Trinajstić information content (AvgIpc) is 3.59. The molecule has 0 spiro atoms. The van der Waals surface area contributed by atoms with Crippen LogP contribution in [0.2, 0.25) is 0 Å². The fourth-order valence-corrected chi connectivity index (χ4v) is 7.45. The first-order chi connectivity index (χ1) is 24.7. The Labute approximate surface area is 289 Å². The van der Waals surface area contributed by atoms with Crippen LogP contribution in [0.4, 0.5) is 11.4 Å². The average molecular weight is 638 g/mol. The molecule has 1 aromatic heterocycles. The lowest BCUT2D eigenvalue weighted by molar-refractivity contribution is 0.671. The number of rotatable bonds is 5. The third-order valence-corrected chi connectivity index (χ3v) is 10.00. The minimum Gasteiger partial charge on any atom is -0.453 e. The van der Waals surface area contributed by atoms with Crippen LogP contribution in [-0.2, 0) is 0 Å². The number of para-hydroxylation sites is 1. The summed E-state index contributed by atoms with van der Waals surface area (Å²) in [6, 6.07) is 65.1. The predicted octanol–water partition coefficient (Wildman–Crippen LogP) is 13.8. The summed E-state index contributed by atoms with van der Waals surface area (Å²) in [4.78, 5) is 0. The second-order valence-corrected chi connectivity index (χ2v) is 13.0. The molecule has 0 atom stereocenters. The summed E-state index contributed by atoms with van der Waals surface area (Å²) in [5, 5.41) is 13.3. The molecule has 0 aliphatic rings. The molecular weight excluding hydrogens is 607 g/mol. The minimum atomic E-state index is 0.859. The quantitative estimate of drug-likeness (QED) is 0.203. The second kappa shape index (κ2) is 11.5. The molecule has 10 aromatic rings. The van der Waals surface area contributed by atoms with Crippen LogP contribution in [0.5, 0.6) is 0 Å². The largest absolute Gasteiger partial charge is 0.453 e. The van der Waals surface area contributed by atoms with Crippen molar-refractivity contribution in [1.29, 1.82) is 0 Å². The first-order valence-corrected chi connectivity index (χ1v) is 17.1. The van der Waals surface area contributed by atoms with Gasteiger partial charge in [0.05, 0.1) is 5.69 Å². The topological polar surface area (TPSA) is 25.2 Å². The summed E-state index contributed by atoms with van der Waals surface area (Å²) < 4.78 is 6.78. The molecule has 0 aliphatic carbocycles. The fourth-order valence-electron chi connectivity index (χ4n) is 7.45. The Morgan fingerprint density at radius 2 is 0.900 bits per heavy atom. The smallest absolute Gasteiger partial charge is 0.158 e. The Bertz CT molecular complexity index is 2880. The monoisotopic (exact) mass is 637 g/mol. The van der Waals surface area contributed by atoms with Gasteiger partial charge >= 0.3 is 0 Å². The molecule has 0 amide bonds. The molecule has 0 saturated heterocycles. The van der Waals surface area contributed by atoms with Crippen molar-refractivity contribution in [3.05, 3.63) is 182 Å². The summed E-state index contributed by atoms with van der Waals surface area (Å²) in [7, 11) is 0. The molecule has 10 rings (SSSR count). The molecule has 2 nitrogen and oxygen atoms in total. The van der Waals surface area contributed by atoms with E-state index in [4.69, 9.17) is 4.42 Å². The van der Waals surface area contributed by atoms with Crippen molar-refractivity contribution >= 4 is 65.6 Å². The molecule has 0 fully saturated rings. The zero-order chi connectivity index (χ0) is 33.0. The molecule has 234 valence electrons. The van der Waals surface area contributed by atoms with Crippen LogP contribution < -0.4 is 5.32 Å². The molecule has 50 heavy (non-hydrogen) atoms. The molecule has 1 N–H and O–H groups in total. The van der Waals surface area contributed by atoms with Gasteiger partial charge in [0.1, 0.15) is 5.58 Å². The highest BCUT2D eigenvalue weighted by atomic mass is 16.3. The van der Waals surface area contributed by atoms with Crippen LogP contribution in [0, 0.1) is 0 Å². The van der Waals surface area contributed by atoms with Crippen LogP contribution in [-0.4, -0.2) is 0 Å². The lowest BCUT2D eigenvalue weighted by Gasteiger charge is -2.10. The van der Waals surface area contributed by atoms with E-state index in [1.807, 2.05) is 0 Å². The first kappa shape index (κ1) is 28.4. The van der Waals surface area contributed by atoms with Crippen molar-refractivity contribution in [2.45, 2.75) is 0 Å². The third kappa shape index (κ3) is 4.81. The molecule has 0 saturated carbocycles. The number of nitrogens with one attached hydrogen (secondary N) is 1. The summed E-state index contributed by atoms with van der Waals surface area (Å²) in [5.74, 6) is 0. The Morgan fingerprint density at radius 1 is 0.340 bits per heavy atom. The Kier molecular flexibility index (Phi) is 6.53. The molecular formula is C48H31NO. The van der Waals surface area contributed by atoms with Crippen molar-refractivity contribution in [2.75, 3.05) is 5.32 Å². The number of furan rings is 1. The standard InChI is InChI=1S/C48H31NO/c1-2-10-33(11-3-1)44-30-40-13-6-7-14-42(40)46-43-15-8-16-45(47(43)50-48(44)46)49-41-25-23-32(24-26-41)35-19-20-38-29-39(22-21-37(38)28-35)36-18-17-31-9-4-5-12-34(31)27-36/h1-30,49H. The number of anilines is 2. The number of benzene rings is 9. The first-order valence-electron chi connectivity index (χ1n) is 17.1. The van der Waals surface area contributed by atoms with Gasteiger partial charge in [0, 0.05) is 22.0 Å². The normalized spacial score (nSPS) is 11.6. The van der Waals surface area contributed by atoms with Gasteiger partial charge in [0.15, 0.2) is 5.58 Å². The van der Waals surface area contributed by atoms with E-state index in [9.17, 15) is 0 Å². The van der Waals surface area contributed by atoms with E-state index in [0.717, 1.165) is 44.4 Å². The van der Waals surface area contributed by atoms with Gasteiger partial charge in [0.2, 0.25) is 0 Å². The minimum absolute atomic E-state index is 0.859. The van der Waals surface area contributed by atoms with Gasteiger partial charge in [0.25, 0.3) is 0 Å². The van der Waals surface area contributed by atoms with Crippen LogP contribution in [0.25, 0.3) is 87.6 Å². The fraction of sp³-hybridized carbons (Fsp3) is 0. The van der Waals surface area contributed by atoms with E-state index in [1.165, 1.54) is 54.6 Å². The van der Waals surface area contributed by atoms with Gasteiger partial charge < -0.3 is 9.73 Å². The predicted molar refractivity (Wildman–Crippen MR) is 212 cm³/mol. The lowest BCUT2D eigenvalue weighted by atomic mass is 9.96. The number of fused-ring (bicyclic) bond motifs is 7. The van der Waals surface area contributed by atoms with Gasteiger partial charge in [-0.2, -0.15) is 0 Å². The zero-order valence-corrected chi connectivity index (χ0v) is 27.2. The molecule has 9 aromatic carbocycles. The maximum absolute atomic E-state index is 6.78. The van der Waals surface area contributed by atoms with Gasteiger partial charge in [-0.1, -0.05) is 140 Å². The molecule has 0 unspecified atom stereocenters. The Morgan fingerprint density at radius 3 is 1.64 bits per heavy atom. The van der Waals surface area contributed by atoms with Crippen LogP contribution in [0.3, 0.4) is 0 Å². The van der Waals surface area contributed by atoms with Crippen molar-refractivity contribution in [3.63, 3.8) is 0 Å². The van der Waals surface area contributed by atoms with Crippen molar-refractivity contribution in [2.24, 2.45) is 0 Å². The molecule has 1 heterocycles. The summed E-state index contributed by atoms with van der Waals surface area (Å²) >= 11 is 0. The SMILES string of the molecule is c1ccc(-c2cc3ccccc3c3c2oc2c(Nc4ccc(-c5ccc6cc(-c7ccc8ccccc8c7)ccc6c5)cc4)cccc23)cc1. The molecule has 0 bridgehead atoms. The Hall–Kier alpha value is -6.64. The van der Waals surface area contributed by atoms with Crippen molar-refractivity contribution in [1.82, 2.24) is 0 Å². The van der Waals surface area contributed by atoms with E-state index in [0.29, 0.717) is 0 Å². The van der Waals surface area contributed by atoms with E-state index in [-0.39, 0.29) is 0 Å². The lowest BCUT2D eigenvalue weighted by Crippen LogP contribution is -1.90. The summed E-state index contributed by atoms with van der Waals surface area (Å²) in [5.41, 5.74) is 10.8. The third-order valence-electron chi connectivity index (χ3n) is 10.00. The Balaban J connectivity index is 0.972. The van der Waals surface area contributed by atoms with Gasteiger partial charge in [-0.25, -0.2) is 0 Å². The molecule has 2 heteroatoms. The molecule has 0 aliphatic heterocycles. The van der Waals surface area contributed by atoms with Crippen molar-refractivity contribution < 1.29 is 4.42 Å². The number of hydrogen-bond acceptors (Lipinski definition) is 2. The van der Waals surface area contributed by atoms with Gasteiger partial charge in [-0.3, -0.25) is 0 Å². The zero-order valence-electron chi connectivity index (χ0n) is 27.2. The van der Waals surface area contributed by atoms with Crippen LogP contribution >= 0.6 is 0 Å². The van der Waals surface area contributed by atoms with E-state index in [2.05, 4.69) is 187 Å². The van der Waals surface area contributed by atoms with Crippen LogP contribution in [0.1, 0.15) is 0 Å². The van der Waals surface area contributed by atoms with E-state index < -0.39 is 0 Å². The highest BCUT2D eigenvalue weighted by Crippen LogP contribution is 2.43. The highest BCUT2D eigenvalue weighted by Gasteiger charge is 2.18. The molecule has 0 radical (unpaired) electrons. The van der Waals surface area contributed by atoms with E-state index >= 15 is 0 Å². The maximum Gasteiger partial charge on any atom is 0.158 e. The summed E-state index contributed by atoms with van der Waals surface area (Å²) in [6.45, 7) is 0. The van der Waals surface area contributed by atoms with E-state index in [1.54, 1.807) is 0 Å². The second-order valence-electron chi connectivity index (χ2n) is 13.0. The highest BCUT2D eigenvalue weighted by molar-refractivity contribution is 6.24. The van der Waals surface area contributed by atoms with Crippen molar-refractivity contribution in [3.8, 4) is 33.4 Å². The van der Waals surface area contributed by atoms with Gasteiger partial charge in [-0.15, -0.1) is 0 Å². The van der Waals surface area contributed by atoms with Gasteiger partial charge in [-0.05, 0) is 103 Å².